The Labute approximate surface area is 108 Å². The summed E-state index contributed by atoms with van der Waals surface area (Å²) in [5.41, 5.74) is 7.94. The van der Waals surface area contributed by atoms with E-state index >= 15 is 0 Å². The highest BCUT2D eigenvalue weighted by molar-refractivity contribution is 5.96. The molecule has 0 bridgehead atoms. The molecule has 1 amide bonds. The van der Waals surface area contributed by atoms with Crippen LogP contribution in [0.15, 0.2) is 18.2 Å². The van der Waals surface area contributed by atoms with E-state index < -0.39 is 0 Å². The Hall–Kier alpha value is -1.55. The van der Waals surface area contributed by atoms with Crippen molar-refractivity contribution in [3.63, 3.8) is 0 Å². The first-order valence-corrected chi connectivity index (χ1v) is 6.34. The molecule has 0 saturated carbocycles. The van der Waals surface area contributed by atoms with Crippen molar-refractivity contribution < 1.29 is 9.53 Å². The average Bonchev–Trinajstić information content (AvgIpc) is 2.75. The molecule has 1 saturated heterocycles. The van der Waals surface area contributed by atoms with Crippen molar-refractivity contribution in [2.45, 2.75) is 26.4 Å². The average molecular weight is 248 g/mol. The van der Waals surface area contributed by atoms with Crippen molar-refractivity contribution in [3.05, 3.63) is 29.3 Å². The first-order chi connectivity index (χ1) is 8.59. The highest BCUT2D eigenvalue weighted by atomic mass is 16.5. The first kappa shape index (κ1) is 12.9. The molecule has 0 spiro atoms. The maximum atomic E-state index is 12.1. The summed E-state index contributed by atoms with van der Waals surface area (Å²) < 4.78 is 5.47. The molecule has 3 N–H and O–H groups in total. The summed E-state index contributed by atoms with van der Waals surface area (Å²) >= 11 is 0. The van der Waals surface area contributed by atoms with E-state index in [1.807, 2.05) is 6.92 Å². The third-order valence-corrected chi connectivity index (χ3v) is 3.68. The Morgan fingerprint density at radius 2 is 2.33 bits per heavy atom. The number of nitrogen functional groups attached to an aromatic ring is 1. The lowest BCUT2D eigenvalue weighted by Crippen LogP contribution is -2.32. The van der Waals surface area contributed by atoms with Crippen molar-refractivity contribution in [3.8, 4) is 0 Å². The molecule has 1 heterocycles. The zero-order valence-electron chi connectivity index (χ0n) is 10.9. The highest BCUT2D eigenvalue weighted by Gasteiger charge is 2.24. The molecular formula is C14H20N2O2. The molecule has 4 heteroatoms. The fraction of sp³-hybridized carbons (Fsp3) is 0.500. The van der Waals surface area contributed by atoms with Gasteiger partial charge in [-0.15, -0.1) is 0 Å². The minimum absolute atomic E-state index is 0.0566. The van der Waals surface area contributed by atoms with Crippen LogP contribution in [0, 0.1) is 12.8 Å². The van der Waals surface area contributed by atoms with E-state index in [-0.39, 0.29) is 12.0 Å². The number of carbonyl (C=O) groups is 1. The number of carbonyl (C=O) groups excluding carboxylic acids is 1. The summed E-state index contributed by atoms with van der Waals surface area (Å²) in [7, 11) is 0. The number of nitrogens with one attached hydrogen (secondary N) is 1. The minimum atomic E-state index is -0.0566. The summed E-state index contributed by atoms with van der Waals surface area (Å²) in [6.07, 6.45) is 1.24. The molecular weight excluding hydrogens is 228 g/mol. The van der Waals surface area contributed by atoms with Gasteiger partial charge in [-0.1, -0.05) is 6.07 Å². The molecule has 98 valence electrons. The molecule has 2 unspecified atom stereocenters. The van der Waals surface area contributed by atoms with Crippen molar-refractivity contribution in [1.82, 2.24) is 5.32 Å². The second kappa shape index (κ2) is 5.40. The standard InChI is InChI=1S/C14H20N2O2/c1-9-12(4-3-5-13(9)15)14(17)16-8-11-6-7-18-10(11)2/h3-5,10-11H,6-8,15H2,1-2H3,(H,16,17). The lowest BCUT2D eigenvalue weighted by atomic mass is 10.0. The van der Waals surface area contributed by atoms with Crippen molar-refractivity contribution in [1.29, 1.82) is 0 Å². The lowest BCUT2D eigenvalue weighted by Gasteiger charge is -2.15. The van der Waals surface area contributed by atoms with Crippen LogP contribution in [0.4, 0.5) is 5.69 Å². The van der Waals surface area contributed by atoms with E-state index in [1.54, 1.807) is 18.2 Å². The molecule has 1 fully saturated rings. The van der Waals surface area contributed by atoms with Crippen LogP contribution in [0.5, 0.6) is 0 Å². The second-order valence-corrected chi connectivity index (χ2v) is 4.85. The molecule has 2 atom stereocenters. The topological polar surface area (TPSA) is 64.4 Å². The van der Waals surface area contributed by atoms with Gasteiger partial charge in [-0.05, 0) is 38.0 Å². The molecule has 1 aliphatic rings. The number of ether oxygens (including phenoxy) is 1. The fourth-order valence-electron chi connectivity index (χ4n) is 2.26. The number of rotatable bonds is 3. The van der Waals surface area contributed by atoms with Gasteiger partial charge in [-0.3, -0.25) is 4.79 Å². The highest BCUT2D eigenvalue weighted by Crippen LogP contribution is 2.20. The molecule has 18 heavy (non-hydrogen) atoms. The lowest BCUT2D eigenvalue weighted by molar-refractivity contribution is 0.0907. The van der Waals surface area contributed by atoms with E-state index in [4.69, 9.17) is 10.5 Å². The Morgan fingerprint density at radius 1 is 1.56 bits per heavy atom. The van der Waals surface area contributed by atoms with Crippen LogP contribution < -0.4 is 11.1 Å². The zero-order chi connectivity index (χ0) is 13.1. The van der Waals surface area contributed by atoms with Gasteiger partial charge in [0.05, 0.1) is 6.10 Å². The second-order valence-electron chi connectivity index (χ2n) is 4.85. The summed E-state index contributed by atoms with van der Waals surface area (Å²) in [6.45, 7) is 5.37. The third-order valence-electron chi connectivity index (χ3n) is 3.68. The van der Waals surface area contributed by atoms with Gasteiger partial charge in [-0.25, -0.2) is 0 Å². The van der Waals surface area contributed by atoms with Crippen LogP contribution in [0.1, 0.15) is 29.3 Å². The summed E-state index contributed by atoms with van der Waals surface area (Å²) in [5.74, 6) is 0.356. The van der Waals surface area contributed by atoms with Gasteiger partial charge in [0.1, 0.15) is 0 Å². The first-order valence-electron chi connectivity index (χ1n) is 6.34. The van der Waals surface area contributed by atoms with Crippen molar-refractivity contribution in [2.75, 3.05) is 18.9 Å². The zero-order valence-corrected chi connectivity index (χ0v) is 10.9. The number of nitrogens with two attached hydrogens (primary N) is 1. The van der Waals surface area contributed by atoms with Gasteiger partial charge < -0.3 is 15.8 Å². The van der Waals surface area contributed by atoms with Crippen molar-refractivity contribution in [2.24, 2.45) is 5.92 Å². The normalized spacial score (nSPS) is 23.0. The number of benzene rings is 1. The number of amides is 1. The number of anilines is 1. The van der Waals surface area contributed by atoms with E-state index in [2.05, 4.69) is 12.2 Å². The van der Waals surface area contributed by atoms with Gasteiger partial charge in [0.15, 0.2) is 0 Å². The van der Waals surface area contributed by atoms with Gasteiger partial charge in [0.2, 0.25) is 0 Å². The SMILES string of the molecule is Cc1c(N)cccc1C(=O)NCC1CCOC1C. The van der Waals surface area contributed by atoms with Crippen LogP contribution >= 0.6 is 0 Å². The van der Waals surface area contributed by atoms with E-state index in [1.165, 1.54) is 0 Å². The molecule has 1 aromatic rings. The predicted octanol–water partition coefficient (Wildman–Crippen LogP) is 1.73. The Morgan fingerprint density at radius 3 is 3.00 bits per heavy atom. The van der Waals surface area contributed by atoms with Crippen LogP contribution in [0.3, 0.4) is 0 Å². The van der Waals surface area contributed by atoms with Crippen molar-refractivity contribution >= 4 is 11.6 Å². The molecule has 0 aliphatic carbocycles. The smallest absolute Gasteiger partial charge is 0.251 e. The molecule has 1 aliphatic heterocycles. The molecule has 2 rings (SSSR count). The third kappa shape index (κ3) is 2.64. The Bertz CT molecular complexity index is 445. The summed E-state index contributed by atoms with van der Waals surface area (Å²) in [5, 5.41) is 2.96. The van der Waals surface area contributed by atoms with E-state index in [0.717, 1.165) is 18.6 Å². The molecule has 0 aromatic heterocycles. The largest absolute Gasteiger partial charge is 0.398 e. The van der Waals surface area contributed by atoms with Gasteiger partial charge in [0, 0.05) is 30.3 Å². The van der Waals surface area contributed by atoms with Crippen LogP contribution in [0.2, 0.25) is 0 Å². The maximum absolute atomic E-state index is 12.1. The number of hydrogen-bond donors (Lipinski definition) is 2. The quantitative estimate of drug-likeness (QED) is 0.801. The van der Waals surface area contributed by atoms with Crippen LogP contribution in [-0.4, -0.2) is 25.2 Å². The number of hydrogen-bond acceptors (Lipinski definition) is 3. The monoisotopic (exact) mass is 248 g/mol. The molecule has 0 radical (unpaired) electrons. The van der Waals surface area contributed by atoms with Crippen LogP contribution in [0.25, 0.3) is 0 Å². The maximum Gasteiger partial charge on any atom is 0.251 e. The van der Waals surface area contributed by atoms with Crippen LogP contribution in [-0.2, 0) is 4.74 Å². The Balaban J connectivity index is 1.97. The van der Waals surface area contributed by atoms with Gasteiger partial charge in [-0.2, -0.15) is 0 Å². The molecule has 1 aromatic carbocycles. The molecule has 4 nitrogen and oxygen atoms in total. The fourth-order valence-corrected chi connectivity index (χ4v) is 2.26. The summed E-state index contributed by atoms with van der Waals surface area (Å²) in [6, 6.07) is 5.41. The predicted molar refractivity (Wildman–Crippen MR) is 71.4 cm³/mol. The van der Waals surface area contributed by atoms with E-state index in [0.29, 0.717) is 23.7 Å². The van der Waals surface area contributed by atoms with E-state index in [9.17, 15) is 4.79 Å². The summed E-state index contributed by atoms with van der Waals surface area (Å²) in [4.78, 5) is 12.1. The van der Waals surface area contributed by atoms with Gasteiger partial charge in [0.25, 0.3) is 5.91 Å². The minimum Gasteiger partial charge on any atom is -0.398 e. The Kier molecular flexibility index (Phi) is 3.87. The van der Waals surface area contributed by atoms with Gasteiger partial charge >= 0.3 is 0 Å².